The molecule has 1 unspecified atom stereocenters. The summed E-state index contributed by atoms with van der Waals surface area (Å²) in [7, 11) is 0. The van der Waals surface area contributed by atoms with E-state index in [2.05, 4.69) is 20.8 Å². The molecule has 0 heteroatoms. The van der Waals surface area contributed by atoms with Gasteiger partial charge in [0.25, 0.3) is 0 Å². The average molecular weight is 380 g/mol. The van der Waals surface area contributed by atoms with Gasteiger partial charge in [-0.15, -0.1) is 0 Å². The highest BCUT2D eigenvalue weighted by Gasteiger charge is 2.08. The zero-order valence-electron chi connectivity index (χ0n) is 19.5. The second kappa shape index (κ2) is 24.0. The Kier molecular flexibility index (Phi) is 24.0. The minimum atomic E-state index is 1.02. The lowest BCUT2D eigenvalue weighted by atomic mass is 9.89. The van der Waals surface area contributed by atoms with Gasteiger partial charge in [0, 0.05) is 0 Å². The summed E-state index contributed by atoms with van der Waals surface area (Å²) in [6, 6.07) is 0. The van der Waals surface area contributed by atoms with E-state index in [4.69, 9.17) is 0 Å². The molecule has 0 aromatic heterocycles. The van der Waals surface area contributed by atoms with Gasteiger partial charge in [-0.25, -0.2) is 0 Å². The summed E-state index contributed by atoms with van der Waals surface area (Å²) in [5.41, 5.74) is 0. The van der Waals surface area contributed by atoms with Gasteiger partial charge in [0.2, 0.25) is 0 Å². The Morgan fingerprint density at radius 2 is 0.704 bits per heavy atom. The lowest BCUT2D eigenvalue weighted by Crippen LogP contribution is -2.01. The Labute approximate surface area is 174 Å². The highest BCUT2D eigenvalue weighted by atomic mass is 14.1. The third-order valence-electron chi connectivity index (χ3n) is 6.29. The molecule has 163 valence electrons. The van der Waals surface area contributed by atoms with Crippen LogP contribution in [-0.4, -0.2) is 0 Å². The number of unbranched alkanes of at least 4 members (excludes halogenated alkanes) is 17. The molecule has 27 heavy (non-hydrogen) atoms. The van der Waals surface area contributed by atoms with Crippen molar-refractivity contribution < 1.29 is 0 Å². The topological polar surface area (TPSA) is 0 Å². The van der Waals surface area contributed by atoms with E-state index in [9.17, 15) is 0 Å². The molecule has 0 bridgehead atoms. The molecule has 0 aromatic carbocycles. The Hall–Kier alpha value is 0. The second-order valence-corrected chi connectivity index (χ2v) is 9.10. The number of hydrogen-bond donors (Lipinski definition) is 0. The largest absolute Gasteiger partial charge is 0.0654 e. The molecule has 0 fully saturated rings. The van der Waals surface area contributed by atoms with Crippen LogP contribution in [0.3, 0.4) is 0 Å². The van der Waals surface area contributed by atoms with E-state index in [1.54, 1.807) is 0 Å². The fourth-order valence-corrected chi connectivity index (χ4v) is 4.35. The maximum atomic E-state index is 4.02. The molecular formula is C27H55. The predicted molar refractivity (Wildman–Crippen MR) is 126 cm³/mol. The summed E-state index contributed by atoms with van der Waals surface area (Å²) < 4.78 is 0. The predicted octanol–water partition coefficient (Wildman–Crippen LogP) is 10.4. The van der Waals surface area contributed by atoms with Crippen LogP contribution in [0, 0.1) is 12.8 Å². The molecule has 0 aliphatic carbocycles. The van der Waals surface area contributed by atoms with Crippen LogP contribution < -0.4 is 0 Å². The Balaban J connectivity index is 3.57. The summed E-state index contributed by atoms with van der Waals surface area (Å²) in [5.74, 6) is 1.02. The molecule has 0 saturated heterocycles. The van der Waals surface area contributed by atoms with Gasteiger partial charge >= 0.3 is 0 Å². The number of hydrogen-bond acceptors (Lipinski definition) is 0. The highest BCUT2D eigenvalue weighted by molar-refractivity contribution is 4.62. The first kappa shape index (κ1) is 27.0. The normalized spacial score (nSPS) is 12.6. The van der Waals surface area contributed by atoms with Crippen molar-refractivity contribution >= 4 is 0 Å². The van der Waals surface area contributed by atoms with E-state index < -0.39 is 0 Å². The lowest BCUT2D eigenvalue weighted by Gasteiger charge is -2.17. The van der Waals surface area contributed by atoms with Crippen molar-refractivity contribution in [1.82, 2.24) is 0 Å². The van der Waals surface area contributed by atoms with E-state index in [0.29, 0.717) is 0 Å². The molecule has 0 aliphatic rings. The van der Waals surface area contributed by atoms with Crippen LogP contribution in [0.15, 0.2) is 0 Å². The molecule has 0 amide bonds. The molecule has 0 rings (SSSR count). The van der Waals surface area contributed by atoms with Gasteiger partial charge in [-0.1, -0.05) is 168 Å². The molecular weight excluding hydrogens is 324 g/mol. The van der Waals surface area contributed by atoms with E-state index in [-0.39, 0.29) is 0 Å². The fraction of sp³-hybridized carbons (Fsp3) is 0.963. The van der Waals surface area contributed by atoms with Crippen LogP contribution in [-0.2, 0) is 0 Å². The quantitative estimate of drug-likeness (QED) is 0.155. The molecule has 0 aromatic rings. The zero-order valence-corrected chi connectivity index (χ0v) is 19.5. The van der Waals surface area contributed by atoms with Crippen LogP contribution >= 0.6 is 0 Å². The molecule has 0 aliphatic heterocycles. The maximum absolute atomic E-state index is 4.02. The summed E-state index contributed by atoms with van der Waals surface area (Å²) >= 11 is 0. The SMILES string of the molecule is [CH2]CCCCC(CCCCCCCC)CCCCCCCCCCCCC. The Bertz CT molecular complexity index is 244. The van der Waals surface area contributed by atoms with Gasteiger partial charge in [0.05, 0.1) is 0 Å². The van der Waals surface area contributed by atoms with Gasteiger partial charge in [-0.3, -0.25) is 0 Å². The van der Waals surface area contributed by atoms with Crippen molar-refractivity contribution in [1.29, 1.82) is 0 Å². The van der Waals surface area contributed by atoms with Gasteiger partial charge in [0.15, 0.2) is 0 Å². The van der Waals surface area contributed by atoms with E-state index in [0.717, 1.165) is 12.3 Å². The van der Waals surface area contributed by atoms with E-state index in [1.807, 2.05) is 0 Å². The monoisotopic (exact) mass is 379 g/mol. The first-order valence-electron chi connectivity index (χ1n) is 13.1. The highest BCUT2D eigenvalue weighted by Crippen LogP contribution is 2.24. The summed E-state index contributed by atoms with van der Waals surface area (Å²) in [6.45, 7) is 8.63. The maximum Gasteiger partial charge on any atom is -0.0414 e. The molecule has 0 heterocycles. The van der Waals surface area contributed by atoms with Crippen molar-refractivity contribution in [3.05, 3.63) is 6.92 Å². The fourth-order valence-electron chi connectivity index (χ4n) is 4.35. The standard InChI is InChI=1S/C27H55/c1-4-7-10-12-14-15-16-17-18-20-23-26-27(24-21-9-6-3)25-22-19-13-11-8-5-2/h27H,3-26H2,1-2H3. The van der Waals surface area contributed by atoms with Gasteiger partial charge in [-0.2, -0.15) is 0 Å². The van der Waals surface area contributed by atoms with Crippen LogP contribution in [0.5, 0.6) is 0 Å². The van der Waals surface area contributed by atoms with E-state index in [1.165, 1.54) is 141 Å². The Morgan fingerprint density at radius 1 is 0.407 bits per heavy atom. The van der Waals surface area contributed by atoms with Crippen molar-refractivity contribution in [2.75, 3.05) is 0 Å². The second-order valence-electron chi connectivity index (χ2n) is 9.10. The van der Waals surface area contributed by atoms with Crippen LogP contribution in [0.2, 0.25) is 0 Å². The summed E-state index contributed by atoms with van der Waals surface area (Å²) in [6.07, 6.45) is 33.2. The van der Waals surface area contributed by atoms with Gasteiger partial charge in [0.1, 0.15) is 0 Å². The van der Waals surface area contributed by atoms with Crippen LogP contribution in [0.25, 0.3) is 0 Å². The third kappa shape index (κ3) is 22.2. The molecule has 1 atom stereocenters. The molecule has 0 N–H and O–H groups in total. The Morgan fingerprint density at radius 3 is 1.04 bits per heavy atom. The third-order valence-corrected chi connectivity index (χ3v) is 6.29. The van der Waals surface area contributed by atoms with Crippen LogP contribution in [0.1, 0.15) is 162 Å². The van der Waals surface area contributed by atoms with Crippen molar-refractivity contribution in [2.45, 2.75) is 162 Å². The smallest absolute Gasteiger partial charge is 0.0414 e. The van der Waals surface area contributed by atoms with Crippen LogP contribution in [0.4, 0.5) is 0 Å². The zero-order chi connectivity index (χ0) is 19.8. The van der Waals surface area contributed by atoms with E-state index >= 15 is 0 Å². The number of rotatable bonds is 23. The molecule has 0 spiro atoms. The first-order chi connectivity index (χ1) is 13.3. The minimum Gasteiger partial charge on any atom is -0.0654 e. The summed E-state index contributed by atoms with van der Waals surface area (Å²) in [5, 5.41) is 0. The van der Waals surface area contributed by atoms with Gasteiger partial charge < -0.3 is 0 Å². The first-order valence-corrected chi connectivity index (χ1v) is 13.1. The van der Waals surface area contributed by atoms with Gasteiger partial charge in [-0.05, 0) is 5.92 Å². The molecule has 0 nitrogen and oxygen atoms in total. The van der Waals surface area contributed by atoms with Crippen molar-refractivity contribution in [3.8, 4) is 0 Å². The summed E-state index contributed by atoms with van der Waals surface area (Å²) in [4.78, 5) is 0. The minimum absolute atomic E-state index is 1.02. The van der Waals surface area contributed by atoms with Crippen molar-refractivity contribution in [3.63, 3.8) is 0 Å². The molecule has 0 saturated carbocycles. The average Bonchev–Trinajstić information content (AvgIpc) is 2.68. The molecule has 1 radical (unpaired) electrons. The van der Waals surface area contributed by atoms with Crippen molar-refractivity contribution in [2.24, 2.45) is 5.92 Å². The lowest BCUT2D eigenvalue weighted by molar-refractivity contribution is 0.368.